The number of hydrogen-bond acceptors (Lipinski definition) is 6. The van der Waals surface area contributed by atoms with Crippen molar-refractivity contribution in [2.24, 2.45) is 0 Å². The first-order chi connectivity index (χ1) is 12.7. The van der Waals surface area contributed by atoms with Crippen LogP contribution in [-0.4, -0.2) is 40.9 Å². The molecule has 6 nitrogen and oxygen atoms in total. The Hall–Kier alpha value is -2.60. The molecule has 3 heterocycles. The number of rotatable bonds is 2. The van der Waals surface area contributed by atoms with Crippen LogP contribution >= 0.6 is 0 Å². The molecule has 1 aromatic heterocycles. The number of benzene rings is 1. The Morgan fingerprint density at radius 2 is 2.15 bits per heavy atom. The van der Waals surface area contributed by atoms with Crippen molar-refractivity contribution in [3.63, 3.8) is 0 Å². The highest BCUT2D eigenvalue weighted by atomic mass is 16.5. The molecule has 134 valence electrons. The minimum Gasteiger partial charge on any atom is -0.493 e. The molecule has 0 fully saturated rings. The van der Waals surface area contributed by atoms with Crippen LogP contribution in [0.1, 0.15) is 24.0 Å². The molecule has 0 bridgehead atoms. The fourth-order valence-corrected chi connectivity index (χ4v) is 4.56. The number of aliphatic hydroxyl groups is 1. The third-order valence-electron chi connectivity index (χ3n) is 5.79. The Labute approximate surface area is 152 Å². The highest BCUT2D eigenvalue weighted by molar-refractivity contribution is 5.62. The first-order valence-electron chi connectivity index (χ1n) is 8.98. The molecule has 0 saturated carbocycles. The molecule has 1 unspecified atom stereocenters. The first-order valence-corrected chi connectivity index (χ1v) is 8.98. The van der Waals surface area contributed by atoms with Crippen LogP contribution in [0.2, 0.25) is 0 Å². The van der Waals surface area contributed by atoms with E-state index in [1.807, 2.05) is 18.2 Å². The Morgan fingerprint density at radius 1 is 1.31 bits per heavy atom. The van der Waals surface area contributed by atoms with Crippen molar-refractivity contribution in [2.75, 3.05) is 18.6 Å². The van der Waals surface area contributed by atoms with Gasteiger partial charge in [-0.2, -0.15) is 0 Å². The van der Waals surface area contributed by atoms with Crippen molar-refractivity contribution in [1.29, 1.82) is 0 Å². The van der Waals surface area contributed by atoms with Gasteiger partial charge in [-0.3, -0.25) is 0 Å². The van der Waals surface area contributed by atoms with E-state index in [1.54, 1.807) is 19.5 Å². The Kier molecular flexibility index (Phi) is 3.43. The molecule has 3 aliphatic rings. The Bertz CT molecular complexity index is 870. The summed E-state index contributed by atoms with van der Waals surface area (Å²) in [5, 5.41) is 10.1. The monoisotopic (exact) mass is 351 g/mol. The lowest BCUT2D eigenvalue weighted by atomic mass is 9.69. The molecule has 0 radical (unpaired) electrons. The van der Waals surface area contributed by atoms with Gasteiger partial charge in [0.1, 0.15) is 6.10 Å². The molecule has 0 saturated heterocycles. The molecule has 1 aromatic carbocycles. The maximum atomic E-state index is 10.1. The molecule has 1 N–H and O–H groups in total. The summed E-state index contributed by atoms with van der Waals surface area (Å²) in [6, 6.07) is 5.91. The lowest BCUT2D eigenvalue weighted by molar-refractivity contribution is 0.0856. The molecule has 5 rings (SSSR count). The van der Waals surface area contributed by atoms with E-state index in [9.17, 15) is 5.11 Å². The zero-order chi connectivity index (χ0) is 17.7. The standard InChI is InChI=1S/C20H21N3O3/c1-25-15-4-3-13-12-23(19-21-8-2-9-22-19)10-7-20-6-5-14(24)11-16(20)26-18(15)17(13)20/h2-6,8-9,14,16,24H,7,10-12H2,1H3/t14-,16+,20?/m1/s1. The first kappa shape index (κ1) is 15.6. The van der Waals surface area contributed by atoms with E-state index in [-0.39, 0.29) is 11.5 Å². The minimum atomic E-state index is -0.466. The van der Waals surface area contributed by atoms with Crippen molar-refractivity contribution in [2.45, 2.75) is 37.0 Å². The highest BCUT2D eigenvalue weighted by Gasteiger charge is 2.52. The van der Waals surface area contributed by atoms with Gasteiger partial charge in [-0.15, -0.1) is 0 Å². The summed E-state index contributed by atoms with van der Waals surface area (Å²) in [5.74, 6) is 2.32. The molecule has 3 atom stereocenters. The lowest BCUT2D eigenvalue weighted by Gasteiger charge is -2.35. The largest absolute Gasteiger partial charge is 0.493 e. The summed E-state index contributed by atoms with van der Waals surface area (Å²) >= 11 is 0. The van der Waals surface area contributed by atoms with Crippen LogP contribution in [0, 0.1) is 0 Å². The van der Waals surface area contributed by atoms with Gasteiger partial charge in [0, 0.05) is 37.5 Å². The second-order valence-electron chi connectivity index (χ2n) is 7.16. The summed E-state index contributed by atoms with van der Waals surface area (Å²) in [4.78, 5) is 11.1. The van der Waals surface area contributed by atoms with Crippen molar-refractivity contribution in [3.05, 3.63) is 53.9 Å². The molecule has 6 heteroatoms. The van der Waals surface area contributed by atoms with Gasteiger partial charge in [0.2, 0.25) is 5.95 Å². The van der Waals surface area contributed by atoms with Gasteiger partial charge in [0.15, 0.2) is 11.5 Å². The molecule has 2 aromatic rings. The zero-order valence-corrected chi connectivity index (χ0v) is 14.6. The van der Waals surface area contributed by atoms with E-state index in [0.29, 0.717) is 6.42 Å². The van der Waals surface area contributed by atoms with E-state index in [1.165, 1.54) is 11.1 Å². The van der Waals surface area contributed by atoms with Crippen molar-refractivity contribution in [3.8, 4) is 11.5 Å². The van der Waals surface area contributed by atoms with Crippen LogP contribution in [0.15, 0.2) is 42.7 Å². The second kappa shape index (κ2) is 5.71. The Morgan fingerprint density at radius 3 is 2.96 bits per heavy atom. The average Bonchev–Trinajstić information content (AvgIpc) is 2.90. The fraction of sp³-hybridized carbons (Fsp3) is 0.400. The van der Waals surface area contributed by atoms with Crippen LogP contribution in [-0.2, 0) is 12.0 Å². The van der Waals surface area contributed by atoms with Gasteiger partial charge in [0.05, 0.1) is 18.6 Å². The molecule has 1 aliphatic carbocycles. The predicted octanol–water partition coefficient (Wildman–Crippen LogP) is 2.22. The zero-order valence-electron chi connectivity index (χ0n) is 14.6. The van der Waals surface area contributed by atoms with Crippen molar-refractivity contribution in [1.82, 2.24) is 9.97 Å². The second-order valence-corrected chi connectivity index (χ2v) is 7.16. The van der Waals surface area contributed by atoms with Gasteiger partial charge in [-0.05, 0) is 24.1 Å². The predicted molar refractivity (Wildman–Crippen MR) is 96.6 cm³/mol. The number of nitrogens with zero attached hydrogens (tertiary/aromatic N) is 3. The smallest absolute Gasteiger partial charge is 0.225 e. The minimum absolute atomic E-state index is 0.0795. The average molecular weight is 351 g/mol. The van der Waals surface area contributed by atoms with E-state index in [4.69, 9.17) is 9.47 Å². The van der Waals surface area contributed by atoms with Gasteiger partial charge in [-0.1, -0.05) is 18.2 Å². The van der Waals surface area contributed by atoms with Crippen LogP contribution in [0.5, 0.6) is 11.5 Å². The van der Waals surface area contributed by atoms with Crippen molar-refractivity contribution < 1.29 is 14.6 Å². The van der Waals surface area contributed by atoms with Gasteiger partial charge < -0.3 is 19.5 Å². The number of aliphatic hydroxyl groups excluding tert-OH is 1. The van der Waals surface area contributed by atoms with Crippen LogP contribution in [0.25, 0.3) is 0 Å². The molecular formula is C20H21N3O3. The molecule has 0 amide bonds. The third kappa shape index (κ3) is 2.15. The third-order valence-corrected chi connectivity index (χ3v) is 5.79. The van der Waals surface area contributed by atoms with E-state index < -0.39 is 6.10 Å². The maximum Gasteiger partial charge on any atom is 0.225 e. The summed E-state index contributed by atoms with van der Waals surface area (Å²) in [6.07, 6.45) is 8.54. The molecule has 26 heavy (non-hydrogen) atoms. The number of ether oxygens (including phenoxy) is 2. The van der Waals surface area contributed by atoms with Crippen LogP contribution < -0.4 is 14.4 Å². The summed E-state index contributed by atoms with van der Waals surface area (Å²) in [6.45, 7) is 1.55. The number of hydrogen-bond donors (Lipinski definition) is 1. The molecule has 2 aliphatic heterocycles. The summed E-state index contributed by atoms with van der Waals surface area (Å²) in [5.41, 5.74) is 2.17. The van der Waals surface area contributed by atoms with E-state index in [2.05, 4.69) is 27.0 Å². The highest BCUT2D eigenvalue weighted by Crippen LogP contribution is 2.55. The summed E-state index contributed by atoms with van der Waals surface area (Å²) < 4.78 is 11.9. The molecule has 1 spiro atoms. The van der Waals surface area contributed by atoms with Crippen molar-refractivity contribution >= 4 is 5.95 Å². The summed E-state index contributed by atoms with van der Waals surface area (Å²) in [7, 11) is 1.67. The SMILES string of the molecule is COc1ccc2c3c1O[C@H]1C[C@H](O)C=CC31CCN(c1ncccn1)C2. The number of aromatic nitrogens is 2. The Balaban J connectivity index is 1.66. The number of methoxy groups -OCH3 is 1. The number of anilines is 1. The van der Waals surface area contributed by atoms with Gasteiger partial charge >= 0.3 is 0 Å². The van der Waals surface area contributed by atoms with Crippen LogP contribution in [0.4, 0.5) is 5.95 Å². The molecular weight excluding hydrogens is 330 g/mol. The fourth-order valence-electron chi connectivity index (χ4n) is 4.56. The van der Waals surface area contributed by atoms with Gasteiger partial charge in [0.25, 0.3) is 0 Å². The quantitative estimate of drug-likeness (QED) is 0.837. The van der Waals surface area contributed by atoms with Gasteiger partial charge in [-0.25, -0.2) is 9.97 Å². The maximum absolute atomic E-state index is 10.1. The lowest BCUT2D eigenvalue weighted by Crippen LogP contribution is -2.43. The van der Waals surface area contributed by atoms with Crippen LogP contribution in [0.3, 0.4) is 0 Å². The normalized spacial score (nSPS) is 28.8. The van der Waals surface area contributed by atoms with E-state index >= 15 is 0 Å². The van der Waals surface area contributed by atoms with E-state index in [0.717, 1.165) is 37.0 Å². The topological polar surface area (TPSA) is 67.7 Å².